The van der Waals surface area contributed by atoms with Crippen LogP contribution >= 0.6 is 11.6 Å². The first-order valence-corrected chi connectivity index (χ1v) is 6.70. The molecule has 0 aliphatic heterocycles. The van der Waals surface area contributed by atoms with E-state index in [0.717, 1.165) is 6.42 Å². The number of nitrogen functional groups attached to an aromatic ring is 2. The van der Waals surface area contributed by atoms with E-state index in [1.165, 1.54) is 0 Å². The quantitative estimate of drug-likeness (QED) is 0.898. The zero-order valence-corrected chi connectivity index (χ0v) is 12.2. The molecule has 0 unspecified atom stereocenters. The molecule has 2 aromatic rings. The molecule has 0 radical (unpaired) electrons. The molecule has 2 rings (SSSR count). The Morgan fingerprint density at radius 2 is 2.10 bits per heavy atom. The van der Waals surface area contributed by atoms with Crippen molar-refractivity contribution >= 4 is 23.4 Å². The van der Waals surface area contributed by atoms with E-state index in [1.807, 2.05) is 13.0 Å². The van der Waals surface area contributed by atoms with Crippen molar-refractivity contribution in [3.63, 3.8) is 0 Å². The van der Waals surface area contributed by atoms with Crippen molar-refractivity contribution in [2.45, 2.75) is 13.3 Å². The summed E-state index contributed by atoms with van der Waals surface area (Å²) in [5.74, 6) is 0.583. The van der Waals surface area contributed by atoms with E-state index in [-0.39, 0.29) is 17.3 Å². The van der Waals surface area contributed by atoms with Gasteiger partial charge in [0, 0.05) is 10.6 Å². The molecule has 0 fully saturated rings. The number of halogens is 1. The van der Waals surface area contributed by atoms with Crippen LogP contribution in [0.1, 0.15) is 18.9 Å². The van der Waals surface area contributed by atoms with Crippen LogP contribution in [0.4, 0.5) is 11.8 Å². The van der Waals surface area contributed by atoms with Gasteiger partial charge in [-0.3, -0.25) is 0 Å². The van der Waals surface area contributed by atoms with E-state index in [0.29, 0.717) is 28.6 Å². The van der Waals surface area contributed by atoms with Crippen LogP contribution in [0, 0.1) is 11.3 Å². The summed E-state index contributed by atoms with van der Waals surface area (Å²) in [4.78, 5) is 7.90. The number of aromatic nitrogens is 2. The van der Waals surface area contributed by atoms with E-state index < -0.39 is 0 Å². The van der Waals surface area contributed by atoms with Gasteiger partial charge in [0.25, 0.3) is 0 Å². The predicted octanol–water partition coefficient (Wildman–Crippen LogP) is 2.62. The molecule has 0 bridgehead atoms. The van der Waals surface area contributed by atoms with E-state index in [9.17, 15) is 5.26 Å². The van der Waals surface area contributed by atoms with Gasteiger partial charge in [0.1, 0.15) is 23.2 Å². The third-order valence-electron chi connectivity index (χ3n) is 2.72. The lowest BCUT2D eigenvalue weighted by molar-refractivity contribution is 0.318. The van der Waals surface area contributed by atoms with Gasteiger partial charge in [0.05, 0.1) is 12.3 Å². The lowest BCUT2D eigenvalue weighted by atomic mass is 10.1. The van der Waals surface area contributed by atoms with Crippen molar-refractivity contribution in [1.82, 2.24) is 9.97 Å². The summed E-state index contributed by atoms with van der Waals surface area (Å²) in [6.07, 6.45) is 0.848. The van der Waals surface area contributed by atoms with Crippen molar-refractivity contribution in [3.8, 4) is 23.1 Å². The summed E-state index contributed by atoms with van der Waals surface area (Å²) in [5.41, 5.74) is 12.4. The maximum absolute atomic E-state index is 9.26. The third kappa shape index (κ3) is 3.15. The second-order valence-electron chi connectivity index (χ2n) is 4.29. The van der Waals surface area contributed by atoms with Gasteiger partial charge in [0.2, 0.25) is 5.95 Å². The number of rotatable bonds is 4. The summed E-state index contributed by atoms with van der Waals surface area (Å²) >= 11 is 6.03. The number of hydrogen-bond acceptors (Lipinski definition) is 6. The van der Waals surface area contributed by atoms with Gasteiger partial charge < -0.3 is 16.2 Å². The van der Waals surface area contributed by atoms with Gasteiger partial charge >= 0.3 is 0 Å². The largest absolute Gasteiger partial charge is 0.493 e. The zero-order chi connectivity index (χ0) is 15.4. The Labute approximate surface area is 127 Å². The normalized spacial score (nSPS) is 10.1. The molecule has 0 amide bonds. The van der Waals surface area contributed by atoms with Crippen molar-refractivity contribution in [3.05, 3.63) is 28.8 Å². The minimum Gasteiger partial charge on any atom is -0.493 e. The average Bonchev–Trinajstić information content (AvgIpc) is 2.45. The highest BCUT2D eigenvalue weighted by Crippen LogP contribution is 2.35. The number of ether oxygens (including phenoxy) is 1. The number of nitrogens with two attached hydrogens (primary N) is 2. The van der Waals surface area contributed by atoms with Crippen LogP contribution in [0.25, 0.3) is 11.3 Å². The van der Waals surface area contributed by atoms with Crippen LogP contribution in [0.5, 0.6) is 5.75 Å². The average molecular weight is 304 g/mol. The second kappa shape index (κ2) is 6.29. The summed E-state index contributed by atoms with van der Waals surface area (Å²) in [5, 5.41) is 9.76. The molecule has 0 spiro atoms. The first-order valence-electron chi connectivity index (χ1n) is 6.32. The minimum atomic E-state index is -0.0112. The zero-order valence-electron chi connectivity index (χ0n) is 11.4. The van der Waals surface area contributed by atoms with Crippen LogP contribution < -0.4 is 16.2 Å². The van der Waals surface area contributed by atoms with Gasteiger partial charge in [-0.15, -0.1) is 0 Å². The molecule has 0 atom stereocenters. The van der Waals surface area contributed by atoms with Gasteiger partial charge in [0.15, 0.2) is 0 Å². The Balaban J connectivity index is 2.66. The summed E-state index contributed by atoms with van der Waals surface area (Å²) in [6, 6.07) is 7.08. The van der Waals surface area contributed by atoms with Crippen LogP contribution in [-0.4, -0.2) is 16.6 Å². The third-order valence-corrected chi connectivity index (χ3v) is 2.96. The molecular formula is C14H14ClN5O. The Kier molecular flexibility index (Phi) is 4.45. The Hall–Kier alpha value is -2.52. The number of benzene rings is 1. The highest BCUT2D eigenvalue weighted by Gasteiger charge is 2.17. The van der Waals surface area contributed by atoms with E-state index in [2.05, 4.69) is 9.97 Å². The predicted molar refractivity (Wildman–Crippen MR) is 81.8 cm³/mol. The Morgan fingerprint density at radius 3 is 2.76 bits per heavy atom. The van der Waals surface area contributed by atoms with Crippen LogP contribution in [0.15, 0.2) is 18.2 Å². The van der Waals surface area contributed by atoms with Gasteiger partial charge in [-0.25, -0.2) is 4.98 Å². The minimum absolute atomic E-state index is 0.0112. The van der Waals surface area contributed by atoms with E-state index in [1.54, 1.807) is 18.2 Å². The maximum atomic E-state index is 9.26. The first kappa shape index (κ1) is 14.9. The molecule has 108 valence electrons. The molecule has 21 heavy (non-hydrogen) atoms. The molecule has 0 saturated carbocycles. The van der Waals surface area contributed by atoms with E-state index in [4.69, 9.17) is 27.8 Å². The highest BCUT2D eigenvalue weighted by molar-refractivity contribution is 6.31. The Morgan fingerprint density at radius 1 is 1.33 bits per heavy atom. The van der Waals surface area contributed by atoms with Crippen LogP contribution in [0.2, 0.25) is 5.02 Å². The molecule has 0 saturated heterocycles. The monoisotopic (exact) mass is 303 g/mol. The summed E-state index contributed by atoms with van der Waals surface area (Å²) in [6.45, 7) is 2.53. The van der Waals surface area contributed by atoms with Gasteiger partial charge in [-0.1, -0.05) is 18.5 Å². The van der Waals surface area contributed by atoms with Gasteiger partial charge in [-0.2, -0.15) is 10.2 Å². The molecule has 4 N–H and O–H groups in total. The van der Waals surface area contributed by atoms with Gasteiger partial charge in [-0.05, 0) is 24.6 Å². The second-order valence-corrected chi connectivity index (χ2v) is 4.73. The summed E-state index contributed by atoms with van der Waals surface area (Å²) < 4.78 is 5.66. The van der Waals surface area contributed by atoms with Crippen molar-refractivity contribution in [2.24, 2.45) is 0 Å². The number of nitriles is 1. The van der Waals surface area contributed by atoms with Crippen molar-refractivity contribution < 1.29 is 4.74 Å². The molecule has 1 heterocycles. The smallest absolute Gasteiger partial charge is 0.222 e. The topological polar surface area (TPSA) is 111 Å². The SMILES string of the molecule is CCCOc1ccc(Cl)cc1-c1nc(N)nc(N)c1C#N. The molecule has 0 aliphatic rings. The maximum Gasteiger partial charge on any atom is 0.222 e. The van der Waals surface area contributed by atoms with Crippen LogP contribution in [-0.2, 0) is 0 Å². The van der Waals surface area contributed by atoms with E-state index >= 15 is 0 Å². The summed E-state index contributed by atoms with van der Waals surface area (Å²) in [7, 11) is 0. The number of anilines is 2. The standard InChI is InChI=1S/C14H14ClN5O/c1-2-5-21-11-4-3-8(15)6-9(11)12-10(7-16)13(17)20-14(18)19-12/h3-4,6H,2,5H2,1H3,(H4,17,18,19,20). The molecule has 1 aromatic carbocycles. The lowest BCUT2D eigenvalue weighted by Gasteiger charge is -2.13. The van der Waals surface area contributed by atoms with Crippen LogP contribution in [0.3, 0.4) is 0 Å². The highest BCUT2D eigenvalue weighted by atomic mass is 35.5. The molecular weight excluding hydrogens is 290 g/mol. The molecule has 7 heteroatoms. The lowest BCUT2D eigenvalue weighted by Crippen LogP contribution is -2.06. The molecule has 1 aromatic heterocycles. The van der Waals surface area contributed by atoms with Crippen molar-refractivity contribution in [2.75, 3.05) is 18.1 Å². The number of nitrogens with zero attached hydrogens (tertiary/aromatic N) is 3. The number of hydrogen-bond donors (Lipinski definition) is 2. The molecule has 0 aliphatic carbocycles. The first-order chi connectivity index (χ1) is 10.1. The van der Waals surface area contributed by atoms with Crippen molar-refractivity contribution in [1.29, 1.82) is 5.26 Å². The fraction of sp³-hybridized carbons (Fsp3) is 0.214. The fourth-order valence-corrected chi connectivity index (χ4v) is 2.00. The Bertz CT molecular complexity index is 711. The molecule has 6 nitrogen and oxygen atoms in total. The fourth-order valence-electron chi connectivity index (χ4n) is 1.83.